The maximum absolute atomic E-state index is 13.8. The minimum absolute atomic E-state index is 0.245. The van der Waals surface area contributed by atoms with Gasteiger partial charge in [-0.05, 0) is 33.3 Å². The molecule has 2 amide bonds. The van der Waals surface area contributed by atoms with E-state index in [1.54, 1.807) is 7.05 Å². The second-order valence-electron chi connectivity index (χ2n) is 11.3. The van der Waals surface area contributed by atoms with Gasteiger partial charge in [0.25, 0.3) is 11.8 Å². The van der Waals surface area contributed by atoms with E-state index in [1.165, 1.54) is 4.90 Å². The Morgan fingerprint density at radius 3 is 1.25 bits per heavy atom. The lowest BCUT2D eigenvalue weighted by molar-refractivity contribution is -0.134. The first-order chi connectivity index (χ1) is 19.3. The number of fused-ring (bicyclic) bond motifs is 12. The van der Waals surface area contributed by atoms with Crippen molar-refractivity contribution in [1.82, 2.24) is 28.7 Å². The number of carbonyl (C=O) groups excluding carboxylic acids is 2. The Morgan fingerprint density at radius 1 is 0.500 bits per heavy atom. The molecular formula is C32H38N6O2. The van der Waals surface area contributed by atoms with Crippen molar-refractivity contribution in [1.29, 1.82) is 0 Å². The third-order valence-electron chi connectivity index (χ3n) is 8.57. The molecule has 8 heteroatoms. The van der Waals surface area contributed by atoms with Crippen molar-refractivity contribution in [2.24, 2.45) is 0 Å². The molecule has 4 bridgehead atoms. The van der Waals surface area contributed by atoms with Gasteiger partial charge < -0.3 is 23.8 Å². The first kappa shape index (κ1) is 26.5. The highest BCUT2D eigenvalue weighted by molar-refractivity contribution is 6.50. The maximum atomic E-state index is 13.8. The second kappa shape index (κ2) is 10.7. The molecule has 2 aliphatic heterocycles. The number of likely N-dealkylation sites (N-methyl/N-ethyl adjacent to an activating group) is 4. The average Bonchev–Trinajstić information content (AvgIpc) is 3.58. The van der Waals surface area contributed by atoms with Crippen LogP contribution >= 0.6 is 0 Å². The summed E-state index contributed by atoms with van der Waals surface area (Å²) in [7, 11) is 8.12. The number of rotatable bonds is 0. The Bertz CT molecular complexity index is 1510. The van der Waals surface area contributed by atoms with Gasteiger partial charge >= 0.3 is 0 Å². The normalized spacial score (nSPS) is 19.4. The second-order valence-corrected chi connectivity index (χ2v) is 11.3. The van der Waals surface area contributed by atoms with Crippen LogP contribution in [0.25, 0.3) is 33.0 Å². The molecule has 0 saturated carbocycles. The summed E-state index contributed by atoms with van der Waals surface area (Å²) in [6, 6.07) is 16.4. The van der Waals surface area contributed by atoms with E-state index in [0.29, 0.717) is 11.1 Å². The van der Waals surface area contributed by atoms with E-state index in [-0.39, 0.29) is 11.8 Å². The predicted octanol–water partition coefficient (Wildman–Crippen LogP) is 3.31. The highest BCUT2D eigenvalue weighted by Gasteiger charge is 2.39. The van der Waals surface area contributed by atoms with Gasteiger partial charge in [-0.3, -0.25) is 14.5 Å². The molecule has 0 atom stereocenters. The number of carbonyl (C=O) groups is 2. The Labute approximate surface area is 235 Å². The summed E-state index contributed by atoms with van der Waals surface area (Å²) in [6.45, 7) is 7.34. The molecule has 0 unspecified atom stereocenters. The van der Waals surface area contributed by atoms with E-state index < -0.39 is 0 Å². The molecule has 40 heavy (non-hydrogen) atoms. The lowest BCUT2D eigenvalue weighted by atomic mass is 9.95. The van der Waals surface area contributed by atoms with Crippen LogP contribution in [0.1, 0.15) is 11.1 Å². The molecule has 2 aromatic carbocycles. The van der Waals surface area contributed by atoms with Crippen molar-refractivity contribution in [2.45, 2.75) is 13.1 Å². The first-order valence-corrected chi connectivity index (χ1v) is 14.1. The Kier molecular flexibility index (Phi) is 7.08. The number of hydrogen-bond donors (Lipinski definition) is 0. The minimum Gasteiger partial charge on any atom is -0.346 e. The molecule has 2 aliphatic rings. The van der Waals surface area contributed by atoms with Crippen LogP contribution in [-0.4, -0.2) is 108 Å². The first-order valence-electron chi connectivity index (χ1n) is 14.1. The molecule has 0 N–H and O–H groups in total. The van der Waals surface area contributed by atoms with Crippen LogP contribution < -0.4 is 0 Å². The van der Waals surface area contributed by atoms with Crippen LogP contribution in [0.3, 0.4) is 0 Å². The molecule has 4 heterocycles. The SMILES string of the molecule is CN1CCN(C)CCn2cc(c3ccccc32)C2=C(C(=O)N(C)C2=O)c2cn(c3ccccc23)CCN(C)CC1. The summed E-state index contributed by atoms with van der Waals surface area (Å²) < 4.78 is 4.47. The molecule has 0 saturated heterocycles. The minimum atomic E-state index is -0.245. The van der Waals surface area contributed by atoms with Gasteiger partial charge in [-0.25, -0.2) is 0 Å². The van der Waals surface area contributed by atoms with Gasteiger partial charge in [-0.1, -0.05) is 36.4 Å². The smallest absolute Gasteiger partial charge is 0.261 e. The number of aromatic nitrogens is 2. The van der Waals surface area contributed by atoms with Gasteiger partial charge in [-0.2, -0.15) is 0 Å². The Balaban J connectivity index is 1.56. The van der Waals surface area contributed by atoms with Crippen LogP contribution in [0.15, 0.2) is 60.9 Å². The van der Waals surface area contributed by atoms with Gasteiger partial charge in [0.1, 0.15) is 0 Å². The lowest BCUT2D eigenvalue weighted by Gasteiger charge is -2.25. The van der Waals surface area contributed by atoms with Gasteiger partial charge in [-0.15, -0.1) is 0 Å². The zero-order chi connectivity index (χ0) is 28.0. The fraction of sp³-hybridized carbons (Fsp3) is 0.375. The quantitative estimate of drug-likeness (QED) is 0.322. The molecule has 0 radical (unpaired) electrons. The number of imide groups is 1. The summed E-state index contributed by atoms with van der Waals surface area (Å²) in [6.07, 6.45) is 4.15. The zero-order valence-corrected chi connectivity index (χ0v) is 23.9. The third-order valence-corrected chi connectivity index (χ3v) is 8.57. The van der Waals surface area contributed by atoms with Gasteiger partial charge in [0, 0.05) is 105 Å². The van der Waals surface area contributed by atoms with Crippen LogP contribution in [0.5, 0.6) is 0 Å². The summed E-state index contributed by atoms with van der Waals surface area (Å²) in [5, 5.41) is 1.99. The van der Waals surface area contributed by atoms with Crippen molar-refractivity contribution in [2.75, 3.05) is 67.5 Å². The van der Waals surface area contributed by atoms with Gasteiger partial charge in [0.15, 0.2) is 0 Å². The highest BCUT2D eigenvalue weighted by Crippen LogP contribution is 2.41. The van der Waals surface area contributed by atoms with Gasteiger partial charge in [0.2, 0.25) is 0 Å². The summed E-state index contributed by atoms with van der Waals surface area (Å²) in [5.74, 6) is -0.490. The summed E-state index contributed by atoms with van der Waals surface area (Å²) in [5.41, 5.74) is 4.79. The van der Waals surface area contributed by atoms with E-state index in [4.69, 9.17) is 0 Å². The van der Waals surface area contributed by atoms with Gasteiger partial charge in [0.05, 0.1) is 11.1 Å². The highest BCUT2D eigenvalue weighted by atomic mass is 16.2. The van der Waals surface area contributed by atoms with Crippen molar-refractivity contribution in [3.05, 3.63) is 72.1 Å². The largest absolute Gasteiger partial charge is 0.346 e. The molecule has 8 nitrogen and oxygen atoms in total. The number of amides is 2. The average molecular weight is 539 g/mol. The van der Waals surface area contributed by atoms with E-state index >= 15 is 0 Å². The molecule has 4 aromatic rings. The summed E-state index contributed by atoms with van der Waals surface area (Å²) in [4.78, 5) is 35.9. The van der Waals surface area contributed by atoms with Crippen molar-refractivity contribution < 1.29 is 9.59 Å². The standard InChI is InChI=1S/C32H38N6O2/c1-33-13-15-34(2)17-19-37-21-25(23-9-5-7-11-27(23)37)29-30(32(40)36(4)31(29)39)26-22-38(20-18-35(3)16-14-33)28-12-8-6-10-24(26)28/h5-12,21-22H,13-20H2,1-4H3. The van der Waals surface area contributed by atoms with E-state index in [1.807, 2.05) is 24.3 Å². The molecule has 0 spiro atoms. The van der Waals surface area contributed by atoms with Crippen LogP contribution in [-0.2, 0) is 22.7 Å². The number of benzene rings is 2. The molecule has 0 fully saturated rings. The molecule has 6 rings (SSSR count). The van der Waals surface area contributed by atoms with Crippen molar-refractivity contribution >= 4 is 44.8 Å². The van der Waals surface area contributed by atoms with Crippen LogP contribution in [0, 0.1) is 0 Å². The van der Waals surface area contributed by atoms with Crippen LogP contribution in [0.2, 0.25) is 0 Å². The number of hydrogen-bond acceptors (Lipinski definition) is 5. The molecule has 0 aliphatic carbocycles. The molecule has 208 valence electrons. The van der Waals surface area contributed by atoms with Crippen molar-refractivity contribution in [3.8, 4) is 0 Å². The number of nitrogens with zero attached hydrogens (tertiary/aromatic N) is 6. The molecule has 2 aromatic heterocycles. The van der Waals surface area contributed by atoms with E-state index in [2.05, 4.69) is 81.6 Å². The fourth-order valence-electron chi connectivity index (χ4n) is 5.98. The fourth-order valence-corrected chi connectivity index (χ4v) is 5.98. The van der Waals surface area contributed by atoms with Crippen LogP contribution in [0.4, 0.5) is 0 Å². The van der Waals surface area contributed by atoms with E-state index in [0.717, 1.165) is 85.3 Å². The third kappa shape index (κ3) is 4.66. The monoisotopic (exact) mass is 538 g/mol. The molecular weight excluding hydrogens is 500 g/mol. The predicted molar refractivity (Wildman–Crippen MR) is 161 cm³/mol. The maximum Gasteiger partial charge on any atom is 0.261 e. The topological polar surface area (TPSA) is 57.0 Å². The van der Waals surface area contributed by atoms with E-state index in [9.17, 15) is 9.59 Å². The van der Waals surface area contributed by atoms with Crippen molar-refractivity contribution in [3.63, 3.8) is 0 Å². The summed E-state index contributed by atoms with van der Waals surface area (Å²) >= 11 is 0. The Hall–Kier alpha value is -3.72. The lowest BCUT2D eigenvalue weighted by Crippen LogP contribution is -2.37. The zero-order valence-electron chi connectivity index (χ0n) is 23.9. The Morgan fingerprint density at radius 2 is 0.850 bits per heavy atom. The number of para-hydroxylation sites is 2.